The van der Waals surface area contributed by atoms with E-state index in [2.05, 4.69) is 26.9 Å². The van der Waals surface area contributed by atoms with Gasteiger partial charge in [0.25, 0.3) is 0 Å². The minimum absolute atomic E-state index is 0.0646. The highest BCUT2D eigenvalue weighted by atomic mass is 79.9. The lowest BCUT2D eigenvalue weighted by molar-refractivity contribution is 0.402. The third kappa shape index (κ3) is 5.69. The second-order valence-electron chi connectivity index (χ2n) is 4.48. The second kappa shape index (κ2) is 8.87. The monoisotopic (exact) mass is 396 g/mol. The summed E-state index contributed by atoms with van der Waals surface area (Å²) in [6, 6.07) is 2.96. The predicted molar refractivity (Wildman–Crippen MR) is 92.5 cm³/mol. The molecule has 0 heterocycles. The summed E-state index contributed by atoms with van der Waals surface area (Å²) in [4.78, 5) is 0.0646. The lowest BCUT2D eigenvalue weighted by Gasteiger charge is -2.12. The number of nitrogens with two attached hydrogens (primary N) is 1. The lowest BCUT2D eigenvalue weighted by Crippen LogP contribution is -2.25. The molecule has 1 rings (SSSR count). The van der Waals surface area contributed by atoms with E-state index < -0.39 is 10.0 Å². The first kappa shape index (κ1) is 18.6. The zero-order valence-corrected chi connectivity index (χ0v) is 15.4. The van der Waals surface area contributed by atoms with Gasteiger partial charge >= 0.3 is 0 Å². The summed E-state index contributed by atoms with van der Waals surface area (Å²) in [5.41, 5.74) is 6.11. The summed E-state index contributed by atoms with van der Waals surface area (Å²) in [7, 11) is -2.19. The van der Waals surface area contributed by atoms with E-state index in [1.54, 1.807) is 17.8 Å². The van der Waals surface area contributed by atoms with Crippen molar-refractivity contribution in [3.05, 3.63) is 16.6 Å². The number of hydrogen-bond acceptors (Lipinski definition) is 5. The molecule has 21 heavy (non-hydrogen) atoms. The van der Waals surface area contributed by atoms with Crippen LogP contribution in [0.5, 0.6) is 5.75 Å². The van der Waals surface area contributed by atoms with Gasteiger partial charge in [0.05, 0.1) is 7.11 Å². The molecule has 0 saturated heterocycles. The van der Waals surface area contributed by atoms with Crippen molar-refractivity contribution in [1.82, 2.24) is 4.72 Å². The molecule has 1 aromatic rings. The second-order valence-corrected chi connectivity index (χ2v) is 8.05. The molecule has 0 atom stereocenters. The first-order valence-corrected chi connectivity index (χ1v) is 10.2. The Bertz CT molecular complexity index is 565. The standard InChI is InChI=1S/C13H21BrN2O3S2/c1-19-12-8-10(14)11(15)9-13(12)21(17,18)16-6-4-3-5-7-20-2/h8-9,16H,3-7,15H2,1-2H3. The van der Waals surface area contributed by atoms with Crippen LogP contribution in [-0.4, -0.2) is 34.1 Å². The van der Waals surface area contributed by atoms with E-state index in [0.29, 0.717) is 16.7 Å². The van der Waals surface area contributed by atoms with E-state index >= 15 is 0 Å². The quantitative estimate of drug-likeness (QED) is 0.495. The van der Waals surface area contributed by atoms with Crippen molar-refractivity contribution < 1.29 is 13.2 Å². The fourth-order valence-electron chi connectivity index (χ4n) is 1.75. The first-order valence-electron chi connectivity index (χ1n) is 6.54. The number of anilines is 1. The minimum Gasteiger partial charge on any atom is -0.495 e. The number of nitrogens with one attached hydrogen (secondary N) is 1. The summed E-state index contributed by atoms with van der Waals surface area (Å²) < 4.78 is 32.9. The van der Waals surface area contributed by atoms with E-state index in [0.717, 1.165) is 25.0 Å². The summed E-state index contributed by atoms with van der Waals surface area (Å²) >= 11 is 5.05. The Morgan fingerprint density at radius 2 is 2.05 bits per heavy atom. The largest absolute Gasteiger partial charge is 0.495 e. The van der Waals surface area contributed by atoms with Crippen molar-refractivity contribution in [1.29, 1.82) is 0 Å². The number of rotatable bonds is 9. The minimum atomic E-state index is -3.62. The number of nitrogen functional groups attached to an aromatic ring is 1. The van der Waals surface area contributed by atoms with Gasteiger partial charge in [-0.25, -0.2) is 13.1 Å². The number of methoxy groups -OCH3 is 1. The molecule has 0 amide bonds. The highest BCUT2D eigenvalue weighted by Gasteiger charge is 2.20. The molecule has 0 fully saturated rings. The number of sulfonamides is 1. The van der Waals surface area contributed by atoms with Crippen molar-refractivity contribution in [3.63, 3.8) is 0 Å². The number of benzene rings is 1. The van der Waals surface area contributed by atoms with Gasteiger partial charge in [-0.2, -0.15) is 11.8 Å². The molecule has 0 bridgehead atoms. The molecule has 0 aromatic heterocycles. The maximum atomic E-state index is 12.3. The van der Waals surface area contributed by atoms with E-state index in [1.807, 2.05) is 0 Å². The van der Waals surface area contributed by atoms with Crippen LogP contribution in [0, 0.1) is 0 Å². The highest BCUT2D eigenvalue weighted by molar-refractivity contribution is 9.10. The lowest BCUT2D eigenvalue weighted by atomic mass is 10.2. The van der Waals surface area contributed by atoms with Gasteiger partial charge in [-0.05, 0) is 52.9 Å². The third-order valence-corrected chi connectivity index (χ3v) is 5.76. The molecule has 3 N–H and O–H groups in total. The smallest absolute Gasteiger partial charge is 0.244 e. The maximum absolute atomic E-state index is 12.3. The summed E-state index contributed by atoms with van der Waals surface area (Å²) in [6.45, 7) is 0.413. The fourth-order valence-corrected chi connectivity index (χ4v) is 3.83. The van der Waals surface area contributed by atoms with Crippen LogP contribution >= 0.6 is 27.7 Å². The number of thioether (sulfide) groups is 1. The molecule has 1 aromatic carbocycles. The van der Waals surface area contributed by atoms with Gasteiger partial charge < -0.3 is 10.5 Å². The summed E-state index contributed by atoms with van der Waals surface area (Å²) in [6.07, 6.45) is 4.97. The maximum Gasteiger partial charge on any atom is 0.244 e. The van der Waals surface area contributed by atoms with Crippen molar-refractivity contribution >= 4 is 43.4 Å². The molecule has 0 saturated carbocycles. The highest BCUT2D eigenvalue weighted by Crippen LogP contribution is 2.32. The average Bonchev–Trinajstić information content (AvgIpc) is 2.45. The van der Waals surface area contributed by atoms with E-state index in [-0.39, 0.29) is 10.6 Å². The van der Waals surface area contributed by atoms with Crippen LogP contribution in [0.3, 0.4) is 0 Å². The van der Waals surface area contributed by atoms with Gasteiger partial charge in [0.2, 0.25) is 10.0 Å². The van der Waals surface area contributed by atoms with Crippen LogP contribution in [0.1, 0.15) is 19.3 Å². The van der Waals surface area contributed by atoms with Gasteiger partial charge in [-0.1, -0.05) is 6.42 Å². The Balaban J connectivity index is 2.72. The summed E-state index contributed by atoms with van der Waals surface area (Å²) in [5.74, 6) is 1.37. The molecule has 0 aliphatic carbocycles. The number of halogens is 1. The summed E-state index contributed by atoms with van der Waals surface area (Å²) in [5, 5.41) is 0. The van der Waals surface area contributed by atoms with Crippen LogP contribution in [0.15, 0.2) is 21.5 Å². The van der Waals surface area contributed by atoms with E-state index in [4.69, 9.17) is 10.5 Å². The van der Waals surface area contributed by atoms with Crippen LogP contribution in [-0.2, 0) is 10.0 Å². The first-order chi connectivity index (χ1) is 9.92. The predicted octanol–water partition coefficient (Wildman–Crippen LogP) is 2.85. The molecular weight excluding hydrogens is 376 g/mol. The van der Waals surface area contributed by atoms with Crippen LogP contribution in [0.4, 0.5) is 5.69 Å². The molecule has 0 unspecified atom stereocenters. The topological polar surface area (TPSA) is 81.4 Å². The van der Waals surface area contributed by atoms with Gasteiger partial charge in [0.1, 0.15) is 10.6 Å². The van der Waals surface area contributed by atoms with Gasteiger partial charge in [0.15, 0.2) is 0 Å². The zero-order valence-electron chi connectivity index (χ0n) is 12.2. The Hall–Kier alpha value is -0.440. The van der Waals surface area contributed by atoms with E-state index in [9.17, 15) is 8.42 Å². The van der Waals surface area contributed by atoms with Crippen LogP contribution < -0.4 is 15.2 Å². The fraction of sp³-hybridized carbons (Fsp3) is 0.538. The number of ether oxygens (including phenoxy) is 1. The van der Waals surface area contributed by atoms with Crippen molar-refractivity contribution in [2.45, 2.75) is 24.2 Å². The molecular formula is C13H21BrN2O3S2. The Labute approximate surface area is 139 Å². The molecule has 120 valence electrons. The van der Waals surface area contributed by atoms with Crippen molar-refractivity contribution in [2.75, 3.05) is 31.4 Å². The normalized spacial score (nSPS) is 11.6. The van der Waals surface area contributed by atoms with Crippen LogP contribution in [0.2, 0.25) is 0 Å². The molecule has 0 aliphatic heterocycles. The Morgan fingerprint density at radius 3 is 2.67 bits per heavy atom. The number of hydrogen-bond donors (Lipinski definition) is 2. The van der Waals surface area contributed by atoms with Gasteiger partial charge in [0, 0.05) is 16.7 Å². The molecule has 8 heteroatoms. The Kier molecular flexibility index (Phi) is 7.86. The molecule has 0 aliphatic rings. The molecule has 0 radical (unpaired) electrons. The zero-order chi connectivity index (χ0) is 15.9. The van der Waals surface area contributed by atoms with Gasteiger partial charge in [-0.3, -0.25) is 0 Å². The van der Waals surface area contributed by atoms with E-state index in [1.165, 1.54) is 13.2 Å². The van der Waals surface area contributed by atoms with Crippen molar-refractivity contribution in [3.8, 4) is 5.75 Å². The number of unbranched alkanes of at least 4 members (excludes halogenated alkanes) is 2. The molecule has 0 spiro atoms. The third-order valence-electron chi connectivity index (χ3n) is 2.89. The Morgan fingerprint density at radius 1 is 1.33 bits per heavy atom. The SMILES string of the molecule is COc1cc(Br)c(N)cc1S(=O)(=O)NCCCCCSC. The van der Waals surface area contributed by atoms with Crippen LogP contribution in [0.25, 0.3) is 0 Å². The molecule has 5 nitrogen and oxygen atoms in total. The van der Waals surface area contributed by atoms with Gasteiger partial charge in [-0.15, -0.1) is 0 Å². The average molecular weight is 397 g/mol. The van der Waals surface area contributed by atoms with Crippen molar-refractivity contribution in [2.24, 2.45) is 0 Å².